The molecule has 0 amide bonds. The minimum atomic E-state index is -1.39. The van der Waals surface area contributed by atoms with Gasteiger partial charge < -0.3 is 5.11 Å². The van der Waals surface area contributed by atoms with Crippen LogP contribution in [0.5, 0.6) is 5.75 Å². The number of carbonyl (C=O) groups excluding carboxylic acids is 1. The largest absolute Gasteiger partial charge is 0.507 e. The monoisotopic (exact) mass is 208 g/mol. The van der Waals surface area contributed by atoms with Crippen molar-refractivity contribution in [2.75, 3.05) is 0 Å². The van der Waals surface area contributed by atoms with Gasteiger partial charge in [-0.15, -0.1) is 0 Å². The second-order valence-electron chi connectivity index (χ2n) is 4.68. The first-order valence-electron chi connectivity index (χ1n) is 4.71. The zero-order valence-corrected chi connectivity index (χ0v) is 9.87. The summed E-state index contributed by atoms with van der Waals surface area (Å²) in [6.45, 7) is 6.43. The summed E-state index contributed by atoms with van der Waals surface area (Å²) in [5, 5.41) is 9.47. The summed E-state index contributed by atoms with van der Waals surface area (Å²) in [5.41, 5.74) is 0.454. The molecule has 0 aliphatic heterocycles. The maximum atomic E-state index is 11.8. The highest BCUT2D eigenvalue weighted by Gasteiger charge is 2.20. The second-order valence-corrected chi connectivity index (χ2v) is 10.2. The van der Waals surface area contributed by atoms with Crippen molar-refractivity contribution < 1.29 is 9.90 Å². The molecule has 0 radical (unpaired) electrons. The van der Waals surface area contributed by atoms with E-state index >= 15 is 0 Å². The van der Waals surface area contributed by atoms with Crippen molar-refractivity contribution in [1.82, 2.24) is 0 Å². The molecule has 0 aliphatic rings. The lowest BCUT2D eigenvalue weighted by atomic mass is 10.1. The first-order valence-corrected chi connectivity index (χ1v) is 8.42. The molecule has 2 nitrogen and oxygen atoms in total. The molecule has 0 atom stereocenters. The van der Waals surface area contributed by atoms with Crippen molar-refractivity contribution in [1.29, 1.82) is 0 Å². The highest BCUT2D eigenvalue weighted by atomic mass is 28.3. The van der Waals surface area contributed by atoms with Crippen molar-refractivity contribution >= 4 is 13.9 Å². The van der Waals surface area contributed by atoms with Crippen LogP contribution in [0.15, 0.2) is 24.3 Å². The van der Waals surface area contributed by atoms with Gasteiger partial charge in [0.25, 0.3) is 0 Å². The van der Waals surface area contributed by atoms with Crippen molar-refractivity contribution in [3.8, 4) is 5.75 Å². The number of ketones is 1. The molecule has 1 N–H and O–H groups in total. The average Bonchev–Trinajstić information content (AvgIpc) is 2.01. The zero-order valence-electron chi connectivity index (χ0n) is 8.87. The van der Waals surface area contributed by atoms with Crippen LogP contribution < -0.4 is 0 Å². The van der Waals surface area contributed by atoms with E-state index in [1.165, 1.54) is 0 Å². The molecule has 0 fully saturated rings. The molecule has 0 unspecified atom stereocenters. The Balaban J connectivity index is 2.86. The Morgan fingerprint density at radius 1 is 1.29 bits per heavy atom. The van der Waals surface area contributed by atoms with Crippen LogP contribution in [-0.2, 0) is 0 Å². The van der Waals surface area contributed by atoms with Crippen molar-refractivity contribution in [2.24, 2.45) is 0 Å². The Kier molecular flexibility index (Phi) is 3.11. The van der Waals surface area contributed by atoms with E-state index in [0.29, 0.717) is 11.6 Å². The number of hydrogen-bond acceptors (Lipinski definition) is 2. The summed E-state index contributed by atoms with van der Waals surface area (Å²) < 4.78 is 0. The van der Waals surface area contributed by atoms with Crippen molar-refractivity contribution in [2.45, 2.75) is 25.7 Å². The fourth-order valence-corrected chi connectivity index (χ4v) is 2.44. The molecule has 0 spiro atoms. The lowest BCUT2D eigenvalue weighted by Crippen LogP contribution is -2.23. The van der Waals surface area contributed by atoms with Gasteiger partial charge in [0.05, 0.1) is 13.6 Å². The molecule has 0 saturated heterocycles. The first-order chi connectivity index (χ1) is 6.40. The maximum Gasteiger partial charge on any atom is 0.163 e. The number of para-hydroxylation sites is 1. The third kappa shape index (κ3) is 2.99. The average molecular weight is 208 g/mol. The van der Waals surface area contributed by atoms with Gasteiger partial charge in [0.1, 0.15) is 5.75 Å². The number of phenolic OH excluding ortho intramolecular Hbond substituents is 1. The predicted molar refractivity (Wildman–Crippen MR) is 60.6 cm³/mol. The highest BCUT2D eigenvalue weighted by molar-refractivity contribution is 6.79. The predicted octanol–water partition coefficient (Wildman–Crippen LogP) is 2.91. The summed E-state index contributed by atoms with van der Waals surface area (Å²) in [6.07, 6.45) is 0. The Labute approximate surface area is 85.6 Å². The van der Waals surface area contributed by atoms with Crippen LogP contribution in [0.1, 0.15) is 10.4 Å². The lowest BCUT2D eigenvalue weighted by molar-refractivity contribution is 0.101. The third-order valence-electron chi connectivity index (χ3n) is 1.90. The minimum absolute atomic E-state index is 0.0577. The van der Waals surface area contributed by atoms with Gasteiger partial charge in [-0.3, -0.25) is 4.79 Å². The lowest BCUT2D eigenvalue weighted by Gasteiger charge is -2.14. The number of phenols is 1. The van der Waals surface area contributed by atoms with Crippen LogP contribution in [-0.4, -0.2) is 19.0 Å². The summed E-state index contributed by atoms with van der Waals surface area (Å²) >= 11 is 0. The van der Waals surface area contributed by atoms with Crippen molar-refractivity contribution in [3.05, 3.63) is 29.8 Å². The smallest absolute Gasteiger partial charge is 0.163 e. The molecule has 1 rings (SSSR count). The molecule has 0 aliphatic carbocycles. The van der Waals surface area contributed by atoms with Crippen LogP contribution >= 0.6 is 0 Å². The third-order valence-corrected chi connectivity index (χ3v) is 3.28. The molecule has 0 aromatic heterocycles. The number of hydrogen-bond donors (Lipinski definition) is 1. The number of rotatable bonds is 3. The second kappa shape index (κ2) is 3.96. The molecule has 3 heteroatoms. The molecule has 76 valence electrons. The van der Waals surface area contributed by atoms with Gasteiger partial charge in [0.2, 0.25) is 0 Å². The van der Waals surface area contributed by atoms with E-state index in [1.54, 1.807) is 24.3 Å². The Hall–Kier alpha value is -1.09. The highest BCUT2D eigenvalue weighted by Crippen LogP contribution is 2.21. The standard InChI is InChI=1S/C11H16O2Si/c1-14(2,3)8-11(13)9-6-4-5-7-10(9)12/h4-7,12H,8H2,1-3H3. The van der Waals surface area contributed by atoms with E-state index < -0.39 is 8.07 Å². The van der Waals surface area contributed by atoms with Crippen LogP contribution in [0, 0.1) is 0 Å². The van der Waals surface area contributed by atoms with Gasteiger partial charge >= 0.3 is 0 Å². The van der Waals surface area contributed by atoms with E-state index in [9.17, 15) is 9.90 Å². The fourth-order valence-electron chi connectivity index (χ4n) is 1.29. The van der Waals surface area contributed by atoms with Gasteiger partial charge in [-0.1, -0.05) is 31.8 Å². The van der Waals surface area contributed by atoms with Gasteiger partial charge in [-0.05, 0) is 12.1 Å². The normalized spacial score (nSPS) is 11.4. The zero-order chi connectivity index (χ0) is 10.8. The number of Topliss-reactive ketones (excluding diaryl/α,β-unsaturated/α-hetero) is 1. The van der Waals surface area contributed by atoms with E-state index in [-0.39, 0.29) is 11.5 Å². The molecule has 0 bridgehead atoms. The topological polar surface area (TPSA) is 37.3 Å². The number of benzene rings is 1. The maximum absolute atomic E-state index is 11.8. The molecular weight excluding hydrogens is 192 g/mol. The Morgan fingerprint density at radius 2 is 1.86 bits per heavy atom. The SMILES string of the molecule is C[Si](C)(C)CC(=O)c1ccccc1O. The van der Waals surface area contributed by atoms with Gasteiger partial charge in [0, 0.05) is 6.04 Å². The first kappa shape index (κ1) is 11.0. The molecule has 14 heavy (non-hydrogen) atoms. The van der Waals surface area contributed by atoms with E-state index in [2.05, 4.69) is 19.6 Å². The summed E-state index contributed by atoms with van der Waals surface area (Å²) in [7, 11) is -1.39. The molecule has 0 heterocycles. The number of aromatic hydroxyl groups is 1. The summed E-state index contributed by atoms with van der Waals surface area (Å²) in [5.74, 6) is 0.151. The van der Waals surface area contributed by atoms with E-state index in [4.69, 9.17) is 0 Å². The van der Waals surface area contributed by atoms with Crippen LogP contribution in [0.3, 0.4) is 0 Å². The van der Waals surface area contributed by atoms with Crippen LogP contribution in [0.2, 0.25) is 25.7 Å². The van der Waals surface area contributed by atoms with Crippen molar-refractivity contribution in [3.63, 3.8) is 0 Å². The Morgan fingerprint density at radius 3 is 2.36 bits per heavy atom. The number of carbonyl (C=O) groups is 1. The van der Waals surface area contributed by atoms with E-state index in [0.717, 1.165) is 0 Å². The van der Waals surface area contributed by atoms with Gasteiger partial charge in [0.15, 0.2) is 5.78 Å². The van der Waals surface area contributed by atoms with Gasteiger partial charge in [-0.25, -0.2) is 0 Å². The van der Waals surface area contributed by atoms with Crippen LogP contribution in [0.25, 0.3) is 0 Å². The Bertz CT molecular complexity index is 339. The molecule has 1 aromatic rings. The molecule has 1 aromatic carbocycles. The van der Waals surface area contributed by atoms with Crippen LogP contribution in [0.4, 0.5) is 0 Å². The fraction of sp³-hybridized carbons (Fsp3) is 0.364. The minimum Gasteiger partial charge on any atom is -0.507 e. The summed E-state index contributed by atoms with van der Waals surface area (Å²) in [6, 6.07) is 7.32. The molecule has 0 saturated carbocycles. The summed E-state index contributed by atoms with van der Waals surface area (Å²) in [4.78, 5) is 11.8. The quantitative estimate of drug-likeness (QED) is 0.612. The van der Waals surface area contributed by atoms with E-state index in [1.807, 2.05) is 0 Å². The molecular formula is C11H16O2Si. The van der Waals surface area contributed by atoms with Gasteiger partial charge in [-0.2, -0.15) is 0 Å².